The predicted octanol–water partition coefficient (Wildman–Crippen LogP) is 5.39. The van der Waals surface area contributed by atoms with Crippen LogP contribution in [0.3, 0.4) is 0 Å². The summed E-state index contributed by atoms with van der Waals surface area (Å²) in [6.45, 7) is 9.72. The summed E-state index contributed by atoms with van der Waals surface area (Å²) >= 11 is 0. The van der Waals surface area contributed by atoms with Crippen molar-refractivity contribution in [3.63, 3.8) is 0 Å². The minimum Gasteiger partial charge on any atom is -0.460 e. The number of ether oxygens (including phenoxy) is 2. The summed E-state index contributed by atoms with van der Waals surface area (Å²) in [5, 5.41) is 0. The van der Waals surface area contributed by atoms with Gasteiger partial charge >= 0.3 is 11.9 Å². The monoisotopic (exact) mass is 429 g/mol. The number of aryl methyl sites for hydroxylation is 1. The van der Waals surface area contributed by atoms with E-state index in [2.05, 4.69) is 20.8 Å². The number of aromatic nitrogens is 1. The smallest absolute Gasteiger partial charge is 0.344 e. The number of benzene rings is 1. The lowest BCUT2D eigenvalue weighted by molar-refractivity contribution is -0.159. The van der Waals surface area contributed by atoms with Gasteiger partial charge in [0.2, 0.25) is 0 Å². The highest BCUT2D eigenvalue weighted by Crippen LogP contribution is 2.35. The molecule has 168 valence electrons. The molecule has 6 heteroatoms. The highest BCUT2D eigenvalue weighted by Gasteiger charge is 2.33. The number of rotatable bonds is 6. The van der Waals surface area contributed by atoms with E-state index in [1.807, 2.05) is 11.5 Å². The summed E-state index contributed by atoms with van der Waals surface area (Å²) in [7, 11) is 0. The third-order valence-electron chi connectivity index (χ3n) is 6.30. The molecule has 1 aromatic carbocycles. The molecule has 1 heterocycles. The third-order valence-corrected chi connectivity index (χ3v) is 6.30. The number of carbonyl (C=O) groups excluding carboxylic acids is 2. The molecular weight excluding hydrogens is 397 g/mol. The maximum absolute atomic E-state index is 13.2. The zero-order chi connectivity index (χ0) is 22.7. The molecule has 0 amide bonds. The Morgan fingerprint density at radius 1 is 1.16 bits per heavy atom. The number of halogens is 1. The zero-order valence-electron chi connectivity index (χ0n) is 19.0. The van der Waals surface area contributed by atoms with Gasteiger partial charge in [-0.15, -0.1) is 0 Å². The molecule has 1 saturated carbocycles. The van der Waals surface area contributed by atoms with Crippen LogP contribution in [0.4, 0.5) is 4.39 Å². The van der Waals surface area contributed by atoms with E-state index in [1.165, 1.54) is 12.1 Å². The Bertz CT molecular complexity index is 932. The quantitative estimate of drug-likeness (QED) is 0.578. The lowest BCUT2D eigenvalue weighted by Gasteiger charge is -2.36. The van der Waals surface area contributed by atoms with Gasteiger partial charge in [0.05, 0.1) is 5.56 Å². The van der Waals surface area contributed by atoms with Crippen molar-refractivity contribution in [3.8, 4) is 5.69 Å². The van der Waals surface area contributed by atoms with Crippen LogP contribution in [0.1, 0.15) is 61.8 Å². The first-order valence-corrected chi connectivity index (χ1v) is 11.0. The van der Waals surface area contributed by atoms with E-state index in [0.29, 0.717) is 29.0 Å². The summed E-state index contributed by atoms with van der Waals surface area (Å²) in [6.07, 6.45) is 2.92. The lowest BCUT2D eigenvalue weighted by atomic mass is 9.75. The molecule has 0 saturated heterocycles. The van der Waals surface area contributed by atoms with Gasteiger partial charge in [0.25, 0.3) is 0 Å². The SMILES string of the molecule is Cc1cc(C(=O)OCC(=O)O[C@H]2C[C@@H](C)CC[C@@H]2C(C)C)c(C)n1-c1ccc(F)cc1. The van der Waals surface area contributed by atoms with Gasteiger partial charge in [-0.05, 0) is 74.8 Å². The van der Waals surface area contributed by atoms with E-state index in [1.54, 1.807) is 25.1 Å². The molecule has 3 atom stereocenters. The van der Waals surface area contributed by atoms with Gasteiger partial charge in [-0.2, -0.15) is 0 Å². The fourth-order valence-corrected chi connectivity index (χ4v) is 4.61. The maximum atomic E-state index is 13.2. The van der Waals surface area contributed by atoms with Crippen molar-refractivity contribution in [2.45, 2.75) is 60.0 Å². The van der Waals surface area contributed by atoms with E-state index >= 15 is 0 Å². The van der Waals surface area contributed by atoms with E-state index in [4.69, 9.17) is 9.47 Å². The Morgan fingerprint density at radius 3 is 2.48 bits per heavy atom. The first-order valence-electron chi connectivity index (χ1n) is 11.0. The molecule has 5 nitrogen and oxygen atoms in total. The third kappa shape index (κ3) is 5.35. The van der Waals surface area contributed by atoms with Crippen molar-refractivity contribution in [1.29, 1.82) is 0 Å². The average Bonchev–Trinajstić information content (AvgIpc) is 3.01. The summed E-state index contributed by atoms with van der Waals surface area (Å²) in [6, 6.07) is 7.76. The molecule has 1 aromatic heterocycles. The Hall–Kier alpha value is -2.63. The minimum atomic E-state index is -0.573. The van der Waals surface area contributed by atoms with Crippen molar-refractivity contribution >= 4 is 11.9 Å². The average molecular weight is 430 g/mol. The second-order valence-corrected chi connectivity index (χ2v) is 9.03. The summed E-state index contributed by atoms with van der Waals surface area (Å²) in [4.78, 5) is 25.0. The highest BCUT2D eigenvalue weighted by molar-refractivity contribution is 5.92. The van der Waals surface area contributed by atoms with Gasteiger partial charge < -0.3 is 14.0 Å². The molecule has 0 bridgehead atoms. The van der Waals surface area contributed by atoms with E-state index < -0.39 is 18.5 Å². The molecule has 31 heavy (non-hydrogen) atoms. The van der Waals surface area contributed by atoms with Crippen molar-refractivity contribution in [2.75, 3.05) is 6.61 Å². The number of nitrogens with zero attached hydrogens (tertiary/aromatic N) is 1. The Labute approximate surface area is 183 Å². The van der Waals surface area contributed by atoms with Crippen molar-refractivity contribution < 1.29 is 23.5 Å². The molecule has 2 aromatic rings. The normalized spacial score (nSPS) is 21.2. The van der Waals surface area contributed by atoms with Gasteiger partial charge in [-0.3, -0.25) is 0 Å². The fourth-order valence-electron chi connectivity index (χ4n) is 4.61. The fraction of sp³-hybridized carbons (Fsp3) is 0.520. The topological polar surface area (TPSA) is 57.5 Å². The van der Waals surface area contributed by atoms with E-state index in [0.717, 1.165) is 30.6 Å². The van der Waals surface area contributed by atoms with Crippen LogP contribution >= 0.6 is 0 Å². The molecule has 1 fully saturated rings. The molecule has 0 radical (unpaired) electrons. The molecule has 3 rings (SSSR count). The Morgan fingerprint density at radius 2 is 1.84 bits per heavy atom. The molecule has 0 N–H and O–H groups in total. The molecule has 0 aliphatic heterocycles. The van der Waals surface area contributed by atoms with Gasteiger partial charge in [0, 0.05) is 17.1 Å². The Kier molecular flexibility index (Phi) is 7.19. The Balaban J connectivity index is 1.63. The van der Waals surface area contributed by atoms with E-state index in [9.17, 15) is 14.0 Å². The van der Waals surface area contributed by atoms with Gasteiger partial charge in [0.1, 0.15) is 11.9 Å². The number of hydrogen-bond donors (Lipinski definition) is 0. The van der Waals surface area contributed by atoms with E-state index in [-0.39, 0.29) is 11.9 Å². The van der Waals surface area contributed by atoms with Crippen molar-refractivity contribution in [1.82, 2.24) is 4.57 Å². The molecule has 0 spiro atoms. The van der Waals surface area contributed by atoms with Crippen LogP contribution in [0.5, 0.6) is 0 Å². The predicted molar refractivity (Wildman–Crippen MR) is 117 cm³/mol. The first kappa shape index (κ1) is 23.0. The van der Waals surface area contributed by atoms with Crippen LogP contribution < -0.4 is 0 Å². The molecule has 0 unspecified atom stereocenters. The standard InChI is InChI=1S/C25H32FNO4/c1-15(2)21-11-6-16(3)12-23(21)31-24(28)14-30-25(29)22-13-17(4)27(18(22)5)20-9-7-19(26)8-10-20/h7-10,13,15-16,21,23H,6,11-12,14H2,1-5H3/t16-,21+,23-/m0/s1. The lowest BCUT2D eigenvalue weighted by Crippen LogP contribution is -2.36. The van der Waals surface area contributed by atoms with Crippen molar-refractivity contribution in [2.24, 2.45) is 17.8 Å². The van der Waals surface area contributed by atoms with Crippen LogP contribution in [-0.4, -0.2) is 29.2 Å². The van der Waals surface area contributed by atoms with Crippen LogP contribution in [-0.2, 0) is 14.3 Å². The van der Waals surface area contributed by atoms with Crippen LogP contribution in [0.2, 0.25) is 0 Å². The number of esters is 2. The largest absolute Gasteiger partial charge is 0.460 e. The summed E-state index contributed by atoms with van der Waals surface area (Å²) in [5.74, 6) is -0.111. The van der Waals surface area contributed by atoms with Gasteiger partial charge in [0.15, 0.2) is 6.61 Å². The van der Waals surface area contributed by atoms with Gasteiger partial charge in [-0.1, -0.05) is 27.2 Å². The second kappa shape index (κ2) is 9.67. The highest BCUT2D eigenvalue weighted by atomic mass is 19.1. The zero-order valence-corrected chi connectivity index (χ0v) is 19.0. The maximum Gasteiger partial charge on any atom is 0.344 e. The van der Waals surface area contributed by atoms with Crippen LogP contribution in [0.15, 0.2) is 30.3 Å². The van der Waals surface area contributed by atoms with Crippen molar-refractivity contribution in [3.05, 3.63) is 53.1 Å². The van der Waals surface area contributed by atoms with Crippen LogP contribution in [0, 0.1) is 37.4 Å². The molecular formula is C25H32FNO4. The molecule has 1 aliphatic carbocycles. The molecule has 1 aliphatic rings. The summed E-state index contributed by atoms with van der Waals surface area (Å²) in [5.41, 5.74) is 2.61. The number of carbonyl (C=O) groups is 2. The minimum absolute atomic E-state index is 0.126. The first-order chi connectivity index (χ1) is 14.7. The second-order valence-electron chi connectivity index (χ2n) is 9.03. The number of hydrogen-bond acceptors (Lipinski definition) is 4. The van der Waals surface area contributed by atoms with Crippen LogP contribution in [0.25, 0.3) is 5.69 Å². The summed E-state index contributed by atoms with van der Waals surface area (Å²) < 4.78 is 26.1. The van der Waals surface area contributed by atoms with Gasteiger partial charge in [-0.25, -0.2) is 14.0 Å².